The summed E-state index contributed by atoms with van der Waals surface area (Å²) in [6.07, 6.45) is 4.30. The monoisotopic (exact) mass is 230 g/mol. The predicted molar refractivity (Wildman–Crippen MR) is 66.4 cm³/mol. The predicted octanol–water partition coefficient (Wildman–Crippen LogP) is 0.997. The molecule has 0 aromatic rings. The van der Waals surface area contributed by atoms with E-state index in [1.165, 1.54) is 0 Å². The van der Waals surface area contributed by atoms with Crippen LogP contribution in [0.5, 0.6) is 0 Å². The smallest absolute Gasteiger partial charge is 0.234 e. The van der Waals surface area contributed by atoms with Crippen LogP contribution in [0.3, 0.4) is 0 Å². The van der Waals surface area contributed by atoms with Crippen LogP contribution in [0.25, 0.3) is 0 Å². The van der Waals surface area contributed by atoms with Gasteiger partial charge in [-0.25, -0.2) is 0 Å². The van der Waals surface area contributed by atoms with E-state index >= 15 is 0 Å². The Hall–Kier alpha value is -0.610. The third-order valence-corrected chi connectivity index (χ3v) is 2.46. The van der Waals surface area contributed by atoms with E-state index in [0.717, 1.165) is 38.8 Å². The highest BCUT2D eigenvalue weighted by atomic mass is 16.3. The van der Waals surface area contributed by atoms with Crippen LogP contribution in [-0.4, -0.2) is 48.7 Å². The highest BCUT2D eigenvalue weighted by Gasteiger charge is 2.08. The Balaban J connectivity index is 3.73. The molecule has 2 N–H and O–H groups in total. The van der Waals surface area contributed by atoms with Crippen LogP contribution in [0.4, 0.5) is 0 Å². The van der Waals surface area contributed by atoms with Gasteiger partial charge >= 0.3 is 0 Å². The fourth-order valence-corrected chi connectivity index (χ4v) is 1.46. The maximum absolute atomic E-state index is 11.5. The summed E-state index contributed by atoms with van der Waals surface area (Å²) in [5, 5.41) is 11.8. The molecule has 0 saturated carbocycles. The second-order valence-corrected chi connectivity index (χ2v) is 4.06. The van der Waals surface area contributed by atoms with E-state index in [0.29, 0.717) is 13.1 Å². The first kappa shape index (κ1) is 15.4. The zero-order valence-corrected chi connectivity index (χ0v) is 10.7. The number of unbranched alkanes of at least 4 members (excludes halogenated alkanes) is 2. The van der Waals surface area contributed by atoms with Crippen molar-refractivity contribution in [3.63, 3.8) is 0 Å². The lowest BCUT2D eigenvalue weighted by molar-refractivity contribution is -0.122. The number of aliphatic hydroxyl groups excluding tert-OH is 1. The van der Waals surface area contributed by atoms with E-state index in [4.69, 9.17) is 5.11 Å². The molecule has 96 valence electrons. The zero-order valence-electron chi connectivity index (χ0n) is 10.7. The average Bonchev–Trinajstić information content (AvgIpc) is 2.26. The standard InChI is InChI=1S/C12H26N2O2/c1-3-5-7-13-12(16)11-14(9-10-15)8-6-4-2/h15H,3-11H2,1-2H3,(H,13,16). The minimum atomic E-state index is 0.0676. The Morgan fingerprint density at radius 1 is 1.19 bits per heavy atom. The summed E-state index contributed by atoms with van der Waals surface area (Å²) in [6.45, 7) is 6.98. The van der Waals surface area contributed by atoms with Gasteiger partial charge < -0.3 is 10.4 Å². The van der Waals surface area contributed by atoms with Gasteiger partial charge in [0.15, 0.2) is 0 Å². The number of amides is 1. The molecular weight excluding hydrogens is 204 g/mol. The van der Waals surface area contributed by atoms with Gasteiger partial charge in [0, 0.05) is 13.1 Å². The van der Waals surface area contributed by atoms with Crippen LogP contribution in [0.2, 0.25) is 0 Å². The number of carbonyl (C=O) groups is 1. The number of aliphatic hydroxyl groups is 1. The van der Waals surface area contributed by atoms with Gasteiger partial charge in [-0.1, -0.05) is 26.7 Å². The first-order valence-corrected chi connectivity index (χ1v) is 6.34. The summed E-state index contributed by atoms with van der Waals surface area (Å²) < 4.78 is 0. The molecule has 4 nitrogen and oxygen atoms in total. The van der Waals surface area contributed by atoms with Gasteiger partial charge in [0.1, 0.15) is 0 Å². The van der Waals surface area contributed by atoms with Crippen molar-refractivity contribution in [2.75, 3.05) is 32.8 Å². The van der Waals surface area contributed by atoms with E-state index in [-0.39, 0.29) is 12.5 Å². The lowest BCUT2D eigenvalue weighted by Crippen LogP contribution is -2.39. The van der Waals surface area contributed by atoms with Crippen molar-refractivity contribution in [3.8, 4) is 0 Å². The van der Waals surface area contributed by atoms with Crippen molar-refractivity contribution in [1.82, 2.24) is 10.2 Å². The molecule has 0 aliphatic carbocycles. The Morgan fingerprint density at radius 2 is 1.88 bits per heavy atom. The third kappa shape index (κ3) is 8.68. The summed E-state index contributed by atoms with van der Waals surface area (Å²) >= 11 is 0. The van der Waals surface area contributed by atoms with Gasteiger partial charge in [-0.2, -0.15) is 0 Å². The molecule has 0 fully saturated rings. The maximum Gasteiger partial charge on any atom is 0.234 e. The van der Waals surface area contributed by atoms with Crippen molar-refractivity contribution in [2.24, 2.45) is 0 Å². The number of hydrogen-bond acceptors (Lipinski definition) is 3. The second-order valence-electron chi connectivity index (χ2n) is 4.06. The Bertz CT molecular complexity index is 174. The Labute approximate surface area is 99.0 Å². The minimum absolute atomic E-state index is 0.0676. The molecule has 0 radical (unpaired) electrons. The number of carbonyl (C=O) groups excluding carboxylic acids is 1. The van der Waals surface area contributed by atoms with Crippen molar-refractivity contribution >= 4 is 5.91 Å². The molecule has 0 aliphatic rings. The molecule has 0 aromatic heterocycles. The van der Waals surface area contributed by atoms with Gasteiger partial charge in [0.25, 0.3) is 0 Å². The first-order valence-electron chi connectivity index (χ1n) is 6.34. The second kappa shape index (κ2) is 10.9. The van der Waals surface area contributed by atoms with Crippen LogP contribution in [0.1, 0.15) is 39.5 Å². The minimum Gasteiger partial charge on any atom is -0.395 e. The molecule has 16 heavy (non-hydrogen) atoms. The number of nitrogens with zero attached hydrogens (tertiary/aromatic N) is 1. The third-order valence-electron chi connectivity index (χ3n) is 2.46. The van der Waals surface area contributed by atoms with Crippen molar-refractivity contribution in [1.29, 1.82) is 0 Å². The molecule has 0 heterocycles. The van der Waals surface area contributed by atoms with Crippen LogP contribution < -0.4 is 5.32 Å². The van der Waals surface area contributed by atoms with Gasteiger partial charge in [-0.15, -0.1) is 0 Å². The SMILES string of the molecule is CCCCNC(=O)CN(CCO)CCCC. The van der Waals surface area contributed by atoms with Gasteiger partial charge in [0.05, 0.1) is 13.2 Å². The van der Waals surface area contributed by atoms with Crippen LogP contribution in [0, 0.1) is 0 Å². The molecule has 0 aliphatic heterocycles. The number of nitrogens with one attached hydrogen (secondary N) is 1. The Kier molecular flexibility index (Phi) is 10.5. The summed E-state index contributed by atoms with van der Waals surface area (Å²) in [5.74, 6) is 0.0676. The average molecular weight is 230 g/mol. The van der Waals surface area contributed by atoms with E-state index in [1.54, 1.807) is 0 Å². The molecule has 0 aromatic carbocycles. The Morgan fingerprint density at radius 3 is 2.44 bits per heavy atom. The molecule has 1 amide bonds. The first-order chi connectivity index (χ1) is 7.74. The lowest BCUT2D eigenvalue weighted by Gasteiger charge is -2.20. The topological polar surface area (TPSA) is 52.6 Å². The van der Waals surface area contributed by atoms with Gasteiger partial charge in [0.2, 0.25) is 5.91 Å². The zero-order chi connectivity index (χ0) is 12.2. The normalized spacial score (nSPS) is 10.8. The molecule has 0 saturated heterocycles. The molecule has 0 spiro atoms. The summed E-state index contributed by atoms with van der Waals surface area (Å²) in [7, 11) is 0. The van der Waals surface area contributed by atoms with Gasteiger partial charge in [-0.05, 0) is 19.4 Å². The number of rotatable bonds is 10. The molecular formula is C12H26N2O2. The molecule has 0 rings (SSSR count). The maximum atomic E-state index is 11.5. The van der Waals surface area contributed by atoms with Gasteiger partial charge in [-0.3, -0.25) is 9.69 Å². The molecule has 0 unspecified atom stereocenters. The van der Waals surface area contributed by atoms with E-state index in [9.17, 15) is 4.79 Å². The molecule has 0 atom stereocenters. The van der Waals surface area contributed by atoms with Crippen molar-refractivity contribution < 1.29 is 9.90 Å². The highest BCUT2D eigenvalue weighted by molar-refractivity contribution is 5.77. The highest BCUT2D eigenvalue weighted by Crippen LogP contribution is 1.94. The largest absolute Gasteiger partial charge is 0.395 e. The summed E-state index contributed by atoms with van der Waals surface area (Å²) in [4.78, 5) is 13.5. The molecule has 0 bridgehead atoms. The quantitative estimate of drug-likeness (QED) is 0.550. The van der Waals surface area contributed by atoms with E-state index < -0.39 is 0 Å². The summed E-state index contributed by atoms with van der Waals surface area (Å²) in [5.41, 5.74) is 0. The van der Waals surface area contributed by atoms with Crippen molar-refractivity contribution in [3.05, 3.63) is 0 Å². The van der Waals surface area contributed by atoms with Crippen LogP contribution in [0.15, 0.2) is 0 Å². The molecule has 4 heteroatoms. The summed E-state index contributed by atoms with van der Waals surface area (Å²) in [6, 6.07) is 0. The van der Waals surface area contributed by atoms with Crippen LogP contribution in [-0.2, 0) is 4.79 Å². The number of hydrogen-bond donors (Lipinski definition) is 2. The van der Waals surface area contributed by atoms with Crippen LogP contribution >= 0.6 is 0 Å². The fraction of sp³-hybridized carbons (Fsp3) is 0.917. The van der Waals surface area contributed by atoms with E-state index in [1.807, 2.05) is 4.90 Å². The lowest BCUT2D eigenvalue weighted by atomic mass is 10.3. The fourth-order valence-electron chi connectivity index (χ4n) is 1.46. The van der Waals surface area contributed by atoms with E-state index in [2.05, 4.69) is 19.2 Å². The van der Waals surface area contributed by atoms with Crippen molar-refractivity contribution in [2.45, 2.75) is 39.5 Å².